The first-order valence-electron chi connectivity index (χ1n) is 10.8. The number of benzene rings is 1. The maximum Gasteiger partial charge on any atom is 0.191 e. The maximum atomic E-state index is 4.38. The minimum absolute atomic E-state index is 0. The molecule has 2 rings (SSSR count). The van der Waals surface area contributed by atoms with Crippen molar-refractivity contribution in [3.05, 3.63) is 29.8 Å². The van der Waals surface area contributed by atoms with Gasteiger partial charge >= 0.3 is 0 Å². The minimum Gasteiger partial charge on any atom is -0.370 e. The van der Waals surface area contributed by atoms with Crippen LogP contribution in [0.2, 0.25) is 0 Å². The molecule has 1 aliphatic rings. The van der Waals surface area contributed by atoms with E-state index in [4.69, 9.17) is 0 Å². The zero-order valence-corrected chi connectivity index (χ0v) is 21.8. The summed E-state index contributed by atoms with van der Waals surface area (Å²) in [5.74, 6) is 3.35. The van der Waals surface area contributed by atoms with Gasteiger partial charge in [0.1, 0.15) is 0 Å². The number of rotatable bonds is 10. The highest BCUT2D eigenvalue weighted by atomic mass is 127. The predicted octanol–water partition coefficient (Wildman–Crippen LogP) is 4.03. The lowest BCUT2D eigenvalue weighted by Crippen LogP contribution is -2.42. The van der Waals surface area contributed by atoms with Crippen molar-refractivity contribution in [1.29, 1.82) is 0 Å². The Labute approximate surface area is 199 Å². The molecule has 7 heteroatoms. The third-order valence-corrected chi connectivity index (χ3v) is 6.33. The third-order valence-electron chi connectivity index (χ3n) is 5.39. The molecule has 0 amide bonds. The van der Waals surface area contributed by atoms with Crippen LogP contribution in [-0.2, 0) is 6.54 Å². The molecule has 0 saturated carbocycles. The van der Waals surface area contributed by atoms with E-state index in [0.29, 0.717) is 6.04 Å². The zero-order valence-electron chi connectivity index (χ0n) is 18.6. The van der Waals surface area contributed by atoms with Crippen LogP contribution in [0.25, 0.3) is 0 Å². The topological polar surface area (TPSA) is 42.9 Å². The van der Waals surface area contributed by atoms with Gasteiger partial charge in [-0.1, -0.05) is 26.0 Å². The number of hydrogen-bond acceptors (Lipinski definition) is 4. The van der Waals surface area contributed by atoms with Gasteiger partial charge in [0.15, 0.2) is 5.96 Å². The molecule has 1 saturated heterocycles. The SMILES string of the molecule is CCN(CC)CCCC(C)NC(=NC)NCc1ccc(N2CCSCC2)cc1.I. The van der Waals surface area contributed by atoms with Gasteiger partial charge in [-0.2, -0.15) is 11.8 Å². The highest BCUT2D eigenvalue weighted by molar-refractivity contribution is 14.0. The van der Waals surface area contributed by atoms with Gasteiger partial charge in [0.05, 0.1) is 0 Å². The zero-order chi connectivity index (χ0) is 20.2. The van der Waals surface area contributed by atoms with Crippen LogP contribution in [0.3, 0.4) is 0 Å². The summed E-state index contributed by atoms with van der Waals surface area (Å²) in [6, 6.07) is 9.37. The fraction of sp³-hybridized carbons (Fsp3) is 0.682. The van der Waals surface area contributed by atoms with E-state index >= 15 is 0 Å². The largest absolute Gasteiger partial charge is 0.370 e. The van der Waals surface area contributed by atoms with Crippen LogP contribution in [0.4, 0.5) is 5.69 Å². The van der Waals surface area contributed by atoms with E-state index in [9.17, 15) is 0 Å². The van der Waals surface area contributed by atoms with Crippen LogP contribution >= 0.6 is 35.7 Å². The lowest BCUT2D eigenvalue weighted by molar-refractivity contribution is 0.292. The summed E-state index contributed by atoms with van der Waals surface area (Å²) >= 11 is 2.05. The number of aliphatic imine (C=N–C) groups is 1. The molecule has 1 aromatic rings. The van der Waals surface area contributed by atoms with Crippen LogP contribution in [-0.4, -0.2) is 68.2 Å². The van der Waals surface area contributed by atoms with Crippen molar-refractivity contribution in [2.75, 3.05) is 56.2 Å². The number of guanidine groups is 1. The molecule has 5 nitrogen and oxygen atoms in total. The van der Waals surface area contributed by atoms with Crippen LogP contribution in [0.1, 0.15) is 39.2 Å². The van der Waals surface area contributed by atoms with Crippen molar-refractivity contribution in [2.45, 2.75) is 46.2 Å². The fourth-order valence-corrected chi connectivity index (χ4v) is 4.40. The van der Waals surface area contributed by atoms with Gasteiger partial charge in [-0.15, -0.1) is 24.0 Å². The second-order valence-electron chi connectivity index (χ2n) is 7.41. The number of halogens is 1. The van der Waals surface area contributed by atoms with Gasteiger partial charge in [-0.05, 0) is 57.1 Å². The molecule has 1 fully saturated rings. The Kier molecular flexibility index (Phi) is 13.8. The maximum absolute atomic E-state index is 4.38. The number of thioether (sulfide) groups is 1. The Morgan fingerprint density at radius 2 is 1.83 bits per heavy atom. The van der Waals surface area contributed by atoms with E-state index in [1.54, 1.807) is 0 Å². The van der Waals surface area contributed by atoms with Crippen molar-refractivity contribution in [1.82, 2.24) is 15.5 Å². The Morgan fingerprint density at radius 1 is 1.17 bits per heavy atom. The van der Waals surface area contributed by atoms with E-state index in [-0.39, 0.29) is 24.0 Å². The lowest BCUT2D eigenvalue weighted by atomic mass is 10.1. The van der Waals surface area contributed by atoms with Crippen molar-refractivity contribution >= 4 is 47.4 Å². The average molecular weight is 534 g/mol. The Balaban J connectivity index is 0.00000420. The molecule has 0 spiro atoms. The average Bonchev–Trinajstić information content (AvgIpc) is 2.75. The van der Waals surface area contributed by atoms with Crippen molar-refractivity contribution in [3.63, 3.8) is 0 Å². The molecule has 1 aromatic carbocycles. The molecule has 0 radical (unpaired) electrons. The highest BCUT2D eigenvalue weighted by Gasteiger charge is 2.11. The molecule has 1 aliphatic heterocycles. The molecule has 0 bridgehead atoms. The molecular formula is C22H40IN5S. The molecule has 2 N–H and O–H groups in total. The molecule has 1 unspecified atom stereocenters. The molecule has 1 heterocycles. The fourth-order valence-electron chi connectivity index (χ4n) is 3.49. The van der Waals surface area contributed by atoms with Crippen molar-refractivity contribution < 1.29 is 0 Å². The quantitative estimate of drug-likeness (QED) is 0.270. The summed E-state index contributed by atoms with van der Waals surface area (Å²) in [6.07, 6.45) is 2.36. The van der Waals surface area contributed by atoms with E-state index < -0.39 is 0 Å². The molecule has 166 valence electrons. The summed E-state index contributed by atoms with van der Waals surface area (Å²) in [6.45, 7) is 13.3. The summed E-state index contributed by atoms with van der Waals surface area (Å²) < 4.78 is 0. The Morgan fingerprint density at radius 3 is 2.41 bits per heavy atom. The predicted molar refractivity (Wildman–Crippen MR) is 141 cm³/mol. The number of nitrogens with zero attached hydrogens (tertiary/aromatic N) is 3. The number of nitrogens with one attached hydrogen (secondary N) is 2. The van der Waals surface area contributed by atoms with E-state index in [0.717, 1.165) is 45.1 Å². The van der Waals surface area contributed by atoms with Crippen LogP contribution in [0, 0.1) is 0 Å². The monoisotopic (exact) mass is 533 g/mol. The number of hydrogen-bond donors (Lipinski definition) is 2. The first-order valence-corrected chi connectivity index (χ1v) is 11.9. The van der Waals surface area contributed by atoms with Crippen LogP contribution in [0.15, 0.2) is 29.3 Å². The van der Waals surface area contributed by atoms with E-state index in [1.807, 2.05) is 18.8 Å². The number of anilines is 1. The van der Waals surface area contributed by atoms with E-state index in [2.05, 4.69) is 70.5 Å². The third kappa shape index (κ3) is 9.79. The second kappa shape index (κ2) is 15.2. The van der Waals surface area contributed by atoms with E-state index in [1.165, 1.54) is 35.7 Å². The smallest absolute Gasteiger partial charge is 0.191 e. The molecular weight excluding hydrogens is 493 g/mol. The summed E-state index contributed by atoms with van der Waals surface area (Å²) in [7, 11) is 1.84. The van der Waals surface area contributed by atoms with Crippen LogP contribution < -0.4 is 15.5 Å². The standard InChI is InChI=1S/C22H39N5S.HI/c1-5-26(6-2)13-7-8-19(3)25-22(23-4)24-18-20-9-11-21(12-10-20)27-14-16-28-17-15-27;/h9-12,19H,5-8,13-18H2,1-4H3,(H2,23,24,25);1H. The summed E-state index contributed by atoms with van der Waals surface area (Å²) in [5, 5.41) is 6.97. The van der Waals surface area contributed by atoms with Crippen molar-refractivity contribution in [2.24, 2.45) is 4.99 Å². The Bertz CT molecular complexity index is 571. The highest BCUT2D eigenvalue weighted by Crippen LogP contribution is 2.19. The first-order chi connectivity index (χ1) is 13.7. The van der Waals surface area contributed by atoms with Gasteiger partial charge in [0, 0.05) is 49.9 Å². The summed E-state index contributed by atoms with van der Waals surface area (Å²) in [5.41, 5.74) is 2.63. The molecule has 0 aliphatic carbocycles. The van der Waals surface area contributed by atoms with Gasteiger partial charge in [0.2, 0.25) is 0 Å². The van der Waals surface area contributed by atoms with Gasteiger partial charge in [-0.25, -0.2) is 0 Å². The molecule has 1 atom stereocenters. The van der Waals surface area contributed by atoms with Gasteiger partial charge in [-0.3, -0.25) is 4.99 Å². The Hall–Kier alpha value is -0.670. The normalized spacial score (nSPS) is 15.8. The second-order valence-corrected chi connectivity index (χ2v) is 8.63. The summed E-state index contributed by atoms with van der Waals surface area (Å²) in [4.78, 5) is 9.34. The van der Waals surface area contributed by atoms with Gasteiger partial charge < -0.3 is 20.4 Å². The van der Waals surface area contributed by atoms with Crippen molar-refractivity contribution in [3.8, 4) is 0 Å². The molecule has 0 aromatic heterocycles. The van der Waals surface area contributed by atoms with Gasteiger partial charge in [0.25, 0.3) is 0 Å². The minimum atomic E-state index is 0. The van der Waals surface area contributed by atoms with Crippen LogP contribution in [0.5, 0.6) is 0 Å². The molecule has 29 heavy (non-hydrogen) atoms. The lowest BCUT2D eigenvalue weighted by Gasteiger charge is -2.28. The first kappa shape index (κ1) is 26.4.